The summed E-state index contributed by atoms with van der Waals surface area (Å²) in [5.74, 6) is 0.571. The average Bonchev–Trinajstić information content (AvgIpc) is 2.81. The Morgan fingerprint density at radius 1 is 1.03 bits per heavy atom. The Hall–Kier alpha value is -4.00. The van der Waals surface area contributed by atoms with Gasteiger partial charge in [-0.3, -0.25) is 14.6 Å². The van der Waals surface area contributed by atoms with Crippen LogP contribution in [-0.4, -0.2) is 27.8 Å². The summed E-state index contributed by atoms with van der Waals surface area (Å²) in [6.45, 7) is 0.473. The lowest BCUT2D eigenvalue weighted by molar-refractivity contribution is -0.120. The maximum atomic E-state index is 12.9. The van der Waals surface area contributed by atoms with Gasteiger partial charge in [-0.1, -0.05) is 36.4 Å². The number of ether oxygens (including phenoxy) is 1. The van der Waals surface area contributed by atoms with Crippen LogP contribution in [0.25, 0.3) is 10.8 Å². The summed E-state index contributed by atoms with van der Waals surface area (Å²) in [5.41, 5.74) is 2.04. The van der Waals surface area contributed by atoms with Gasteiger partial charge in [0, 0.05) is 11.6 Å². The third-order valence-electron chi connectivity index (χ3n) is 4.93. The van der Waals surface area contributed by atoms with Crippen LogP contribution < -0.4 is 15.6 Å². The summed E-state index contributed by atoms with van der Waals surface area (Å²) in [7, 11) is 1.59. The zero-order chi connectivity index (χ0) is 21.6. The number of hydrogen-bond acceptors (Lipinski definition) is 5. The number of aromatic nitrogens is 3. The molecule has 1 N–H and O–H groups in total. The third kappa shape index (κ3) is 4.78. The van der Waals surface area contributed by atoms with Gasteiger partial charge in [-0.2, -0.15) is 5.10 Å². The summed E-state index contributed by atoms with van der Waals surface area (Å²) < 4.78 is 6.60. The number of nitrogens with zero attached hydrogens (tertiary/aromatic N) is 3. The lowest BCUT2D eigenvalue weighted by atomic mass is 10.1. The number of rotatable bonds is 7. The van der Waals surface area contributed by atoms with Gasteiger partial charge in [0.2, 0.25) is 5.91 Å². The van der Waals surface area contributed by atoms with Crippen molar-refractivity contribution in [1.29, 1.82) is 0 Å². The molecule has 0 atom stereocenters. The Morgan fingerprint density at radius 2 is 1.84 bits per heavy atom. The SMILES string of the molecule is COc1cccc(CC(=O)NCc2nn(Cc3ccccn3)c(=O)c3ccccc23)c1. The number of benzene rings is 2. The first-order chi connectivity index (χ1) is 15.1. The standard InChI is InChI=1S/C24H22N4O3/c1-31-19-9-6-7-17(13-19)14-23(29)26-15-22-20-10-2-3-11-21(20)24(30)28(27-22)16-18-8-4-5-12-25-18/h2-13H,14-16H2,1H3,(H,26,29). The molecule has 0 aliphatic carbocycles. The van der Waals surface area contributed by atoms with Crippen LogP contribution in [0, 0.1) is 0 Å². The molecule has 4 rings (SSSR count). The molecule has 0 radical (unpaired) electrons. The van der Waals surface area contributed by atoms with Crippen molar-refractivity contribution in [3.05, 3.63) is 100 Å². The van der Waals surface area contributed by atoms with Crippen LogP contribution >= 0.6 is 0 Å². The van der Waals surface area contributed by atoms with E-state index in [1.54, 1.807) is 19.4 Å². The van der Waals surface area contributed by atoms with E-state index in [0.717, 1.165) is 16.6 Å². The second-order valence-electron chi connectivity index (χ2n) is 7.08. The minimum absolute atomic E-state index is 0.137. The van der Waals surface area contributed by atoms with Crippen molar-refractivity contribution < 1.29 is 9.53 Å². The van der Waals surface area contributed by atoms with Crippen LogP contribution in [0.15, 0.2) is 77.7 Å². The molecule has 7 heteroatoms. The van der Waals surface area contributed by atoms with Crippen molar-refractivity contribution >= 4 is 16.7 Å². The zero-order valence-corrected chi connectivity index (χ0v) is 17.1. The molecule has 0 saturated carbocycles. The highest BCUT2D eigenvalue weighted by Crippen LogP contribution is 2.15. The third-order valence-corrected chi connectivity index (χ3v) is 4.93. The van der Waals surface area contributed by atoms with E-state index < -0.39 is 0 Å². The van der Waals surface area contributed by atoms with Crippen molar-refractivity contribution in [3.63, 3.8) is 0 Å². The first-order valence-electron chi connectivity index (χ1n) is 9.92. The highest BCUT2D eigenvalue weighted by atomic mass is 16.5. The minimum atomic E-state index is -0.187. The lowest BCUT2D eigenvalue weighted by Crippen LogP contribution is -2.29. The number of nitrogens with one attached hydrogen (secondary N) is 1. The van der Waals surface area contributed by atoms with Gasteiger partial charge in [-0.15, -0.1) is 0 Å². The normalized spacial score (nSPS) is 10.7. The smallest absolute Gasteiger partial charge is 0.275 e. The van der Waals surface area contributed by atoms with Crippen LogP contribution in [-0.2, 0) is 24.3 Å². The van der Waals surface area contributed by atoms with Crippen molar-refractivity contribution in [1.82, 2.24) is 20.1 Å². The first-order valence-corrected chi connectivity index (χ1v) is 9.92. The summed E-state index contributed by atoms with van der Waals surface area (Å²) in [6, 6.07) is 20.2. The fourth-order valence-corrected chi connectivity index (χ4v) is 3.40. The van der Waals surface area contributed by atoms with Gasteiger partial charge < -0.3 is 10.1 Å². The Morgan fingerprint density at radius 3 is 2.61 bits per heavy atom. The van der Waals surface area contributed by atoms with E-state index in [1.807, 2.05) is 60.7 Å². The summed E-state index contributed by atoms with van der Waals surface area (Å²) in [4.78, 5) is 29.7. The number of carbonyl (C=O) groups excluding carboxylic acids is 1. The predicted octanol–water partition coefficient (Wildman–Crippen LogP) is 2.71. The second kappa shape index (κ2) is 9.21. The molecule has 4 aromatic rings. The molecule has 2 aromatic carbocycles. The highest BCUT2D eigenvalue weighted by molar-refractivity contribution is 5.84. The molecule has 0 aliphatic rings. The molecule has 0 fully saturated rings. The van der Waals surface area contributed by atoms with Gasteiger partial charge >= 0.3 is 0 Å². The van der Waals surface area contributed by atoms with Crippen LogP contribution in [0.5, 0.6) is 5.75 Å². The van der Waals surface area contributed by atoms with Crippen molar-refractivity contribution in [2.75, 3.05) is 7.11 Å². The number of carbonyl (C=O) groups is 1. The van der Waals surface area contributed by atoms with E-state index >= 15 is 0 Å². The first kappa shape index (κ1) is 20.3. The maximum Gasteiger partial charge on any atom is 0.275 e. The lowest BCUT2D eigenvalue weighted by Gasteiger charge is -2.12. The van der Waals surface area contributed by atoms with Gasteiger partial charge in [0.1, 0.15) is 5.75 Å². The van der Waals surface area contributed by atoms with Gasteiger partial charge in [-0.05, 0) is 35.9 Å². The van der Waals surface area contributed by atoms with Crippen molar-refractivity contribution in [3.8, 4) is 5.75 Å². The fraction of sp³-hybridized carbons (Fsp3) is 0.167. The second-order valence-corrected chi connectivity index (χ2v) is 7.08. The monoisotopic (exact) mass is 414 g/mol. The number of methoxy groups -OCH3 is 1. The topological polar surface area (TPSA) is 86.1 Å². The average molecular weight is 414 g/mol. The van der Waals surface area contributed by atoms with Crippen molar-refractivity contribution in [2.45, 2.75) is 19.5 Å². The van der Waals surface area contributed by atoms with Crippen molar-refractivity contribution in [2.24, 2.45) is 0 Å². The number of fused-ring (bicyclic) bond motifs is 1. The number of amides is 1. The van der Waals surface area contributed by atoms with E-state index in [1.165, 1.54) is 4.68 Å². The molecule has 0 unspecified atom stereocenters. The molecule has 2 heterocycles. The predicted molar refractivity (Wildman–Crippen MR) is 118 cm³/mol. The van der Waals surface area contributed by atoms with Crippen LogP contribution in [0.2, 0.25) is 0 Å². The molecule has 0 spiro atoms. The molecule has 2 aromatic heterocycles. The molecular weight excluding hydrogens is 392 g/mol. The molecule has 0 bridgehead atoms. The van der Waals surface area contributed by atoms with Gasteiger partial charge in [-0.25, -0.2) is 4.68 Å². The van der Waals surface area contributed by atoms with Gasteiger partial charge in [0.25, 0.3) is 5.56 Å². The number of pyridine rings is 1. The van der Waals surface area contributed by atoms with Gasteiger partial charge in [0.15, 0.2) is 0 Å². The van der Waals surface area contributed by atoms with Gasteiger partial charge in [0.05, 0.1) is 43.4 Å². The maximum absolute atomic E-state index is 12.9. The molecular formula is C24H22N4O3. The Bertz CT molecular complexity index is 1270. The molecule has 0 saturated heterocycles. The Balaban J connectivity index is 1.57. The highest BCUT2D eigenvalue weighted by Gasteiger charge is 2.12. The number of hydrogen-bond donors (Lipinski definition) is 1. The van der Waals surface area contributed by atoms with Crippen LogP contribution in [0.3, 0.4) is 0 Å². The zero-order valence-electron chi connectivity index (χ0n) is 17.1. The van der Waals surface area contributed by atoms with E-state index in [-0.39, 0.29) is 31.0 Å². The van der Waals surface area contributed by atoms with E-state index in [9.17, 15) is 9.59 Å². The molecule has 7 nitrogen and oxygen atoms in total. The summed E-state index contributed by atoms with van der Waals surface area (Å²) in [6.07, 6.45) is 1.91. The fourth-order valence-electron chi connectivity index (χ4n) is 3.40. The summed E-state index contributed by atoms with van der Waals surface area (Å²) >= 11 is 0. The molecule has 1 amide bonds. The quantitative estimate of drug-likeness (QED) is 0.503. The van der Waals surface area contributed by atoms with E-state index in [0.29, 0.717) is 16.8 Å². The largest absolute Gasteiger partial charge is 0.497 e. The van der Waals surface area contributed by atoms with E-state index in [2.05, 4.69) is 15.4 Å². The van der Waals surface area contributed by atoms with E-state index in [4.69, 9.17) is 4.74 Å². The molecule has 31 heavy (non-hydrogen) atoms. The Kier molecular flexibility index (Phi) is 6.03. The molecule has 156 valence electrons. The molecule has 0 aliphatic heterocycles. The van der Waals surface area contributed by atoms with Crippen LogP contribution in [0.4, 0.5) is 0 Å². The minimum Gasteiger partial charge on any atom is -0.497 e. The van der Waals surface area contributed by atoms with Crippen LogP contribution in [0.1, 0.15) is 17.0 Å². The Labute approximate surface area is 179 Å². The summed E-state index contributed by atoms with van der Waals surface area (Å²) in [5, 5.41) is 8.73.